The van der Waals surface area contributed by atoms with Crippen molar-refractivity contribution in [1.29, 1.82) is 0 Å². The zero-order chi connectivity index (χ0) is 16.9. The fourth-order valence-corrected chi connectivity index (χ4v) is 2.49. The Bertz CT molecular complexity index is 532. The third-order valence-corrected chi connectivity index (χ3v) is 4.05. The predicted molar refractivity (Wildman–Crippen MR) is 103 cm³/mol. The second-order valence-corrected chi connectivity index (χ2v) is 6.14. The molecule has 0 aromatic heterocycles. The molecule has 0 bridgehead atoms. The Labute approximate surface area is 158 Å². The van der Waals surface area contributed by atoms with Gasteiger partial charge in [0.05, 0.1) is 6.61 Å². The lowest BCUT2D eigenvalue weighted by atomic mass is 10.0. The molecule has 23 heavy (non-hydrogen) atoms. The minimum atomic E-state index is 0.617. The number of allylic oxidation sites excluding steroid dienone is 4. The molecular formula is C18H19Cl4O. The molecule has 1 rings (SSSR count). The molecule has 125 valence electrons. The zero-order valence-electron chi connectivity index (χ0n) is 12.7. The van der Waals surface area contributed by atoms with Crippen molar-refractivity contribution in [2.75, 3.05) is 6.61 Å². The van der Waals surface area contributed by atoms with E-state index in [4.69, 9.17) is 51.1 Å². The van der Waals surface area contributed by atoms with Crippen LogP contribution in [0.25, 0.3) is 0 Å². The Morgan fingerprint density at radius 1 is 1.04 bits per heavy atom. The highest BCUT2D eigenvalue weighted by Gasteiger charge is 2.04. The van der Waals surface area contributed by atoms with Crippen LogP contribution in [0.2, 0.25) is 5.02 Å². The van der Waals surface area contributed by atoms with Crippen LogP contribution in [0.4, 0.5) is 0 Å². The Morgan fingerprint density at radius 2 is 1.78 bits per heavy atom. The van der Waals surface area contributed by atoms with Crippen LogP contribution < -0.4 is 4.74 Å². The van der Waals surface area contributed by atoms with E-state index in [2.05, 4.69) is 0 Å². The van der Waals surface area contributed by atoms with Crippen molar-refractivity contribution in [3.63, 3.8) is 0 Å². The van der Waals surface area contributed by atoms with Gasteiger partial charge in [-0.05, 0) is 49.9 Å². The van der Waals surface area contributed by atoms with Gasteiger partial charge in [0.15, 0.2) is 0 Å². The lowest BCUT2D eigenvalue weighted by molar-refractivity contribution is 0.310. The highest BCUT2D eigenvalue weighted by molar-refractivity contribution is 6.30. The first-order valence-corrected chi connectivity index (χ1v) is 8.88. The maximum absolute atomic E-state index is 6.36. The third-order valence-electron chi connectivity index (χ3n) is 3.05. The van der Waals surface area contributed by atoms with Crippen molar-refractivity contribution in [3.05, 3.63) is 69.5 Å². The molecule has 0 heterocycles. The van der Waals surface area contributed by atoms with E-state index in [1.807, 2.05) is 36.8 Å². The van der Waals surface area contributed by atoms with Gasteiger partial charge in [-0.2, -0.15) is 0 Å². The molecule has 0 saturated carbocycles. The van der Waals surface area contributed by atoms with Gasteiger partial charge in [-0.25, -0.2) is 0 Å². The second-order valence-electron chi connectivity index (χ2n) is 4.74. The van der Waals surface area contributed by atoms with E-state index in [1.165, 1.54) is 11.1 Å². The van der Waals surface area contributed by atoms with E-state index in [0.29, 0.717) is 18.1 Å². The van der Waals surface area contributed by atoms with Crippen molar-refractivity contribution in [2.24, 2.45) is 0 Å². The van der Waals surface area contributed by atoms with E-state index in [9.17, 15) is 0 Å². The fraction of sp³-hybridized carbons (Fsp3) is 0.278. The molecule has 0 fully saturated rings. The quantitative estimate of drug-likeness (QED) is 0.375. The van der Waals surface area contributed by atoms with Crippen LogP contribution in [0, 0.1) is 6.42 Å². The highest BCUT2D eigenvalue weighted by atomic mass is 35.5. The van der Waals surface area contributed by atoms with Gasteiger partial charge in [-0.3, -0.25) is 0 Å². The van der Waals surface area contributed by atoms with Gasteiger partial charge < -0.3 is 4.74 Å². The molecule has 0 aliphatic heterocycles. The average molecular weight is 393 g/mol. The van der Waals surface area contributed by atoms with Crippen LogP contribution in [0.1, 0.15) is 25.7 Å². The first-order chi connectivity index (χ1) is 11.2. The van der Waals surface area contributed by atoms with E-state index in [-0.39, 0.29) is 0 Å². The maximum atomic E-state index is 6.36. The Balaban J connectivity index is 2.47. The first-order valence-electron chi connectivity index (χ1n) is 7.26. The average Bonchev–Trinajstić information content (AvgIpc) is 2.56. The summed E-state index contributed by atoms with van der Waals surface area (Å²) >= 11 is 23.3. The predicted octanol–water partition coefficient (Wildman–Crippen LogP) is 7.48. The zero-order valence-corrected chi connectivity index (χ0v) is 15.7. The molecule has 0 unspecified atom stereocenters. The molecule has 0 aliphatic carbocycles. The van der Waals surface area contributed by atoms with Crippen molar-refractivity contribution in [1.82, 2.24) is 0 Å². The number of hydrogen-bond acceptors (Lipinski definition) is 1. The smallest absolute Gasteiger partial charge is 0.119 e. The van der Waals surface area contributed by atoms with Crippen LogP contribution in [-0.4, -0.2) is 6.61 Å². The molecule has 0 N–H and O–H groups in total. The summed E-state index contributed by atoms with van der Waals surface area (Å²) in [6.07, 6.45) is 8.73. The summed E-state index contributed by atoms with van der Waals surface area (Å²) in [5.41, 5.74) is 4.12. The normalized spacial score (nSPS) is 12.9. The monoisotopic (exact) mass is 391 g/mol. The molecule has 0 aliphatic rings. The first kappa shape index (κ1) is 20.4. The van der Waals surface area contributed by atoms with Gasteiger partial charge in [0.2, 0.25) is 0 Å². The molecule has 0 atom stereocenters. The number of hydrogen-bond donors (Lipinski definition) is 0. The van der Waals surface area contributed by atoms with Crippen molar-refractivity contribution in [2.45, 2.75) is 25.7 Å². The van der Waals surface area contributed by atoms with Gasteiger partial charge in [0, 0.05) is 27.5 Å². The standard InChI is InChI=1S/C18H19Cl4O/c19-12-2-1-5-15(18(22)7-3-13-20)6-4-14-23-17-10-8-16(21)9-11-17/h1-3,8-13H,4-7,14H2/b12-2+,13-3+,18-15+. The summed E-state index contributed by atoms with van der Waals surface area (Å²) in [4.78, 5) is 0. The summed E-state index contributed by atoms with van der Waals surface area (Å²) in [5, 5.41) is 1.51. The van der Waals surface area contributed by atoms with Gasteiger partial charge in [0.1, 0.15) is 5.75 Å². The van der Waals surface area contributed by atoms with Gasteiger partial charge in [-0.15, -0.1) is 0 Å². The second kappa shape index (κ2) is 12.8. The highest BCUT2D eigenvalue weighted by Crippen LogP contribution is 2.24. The maximum Gasteiger partial charge on any atom is 0.119 e. The fourth-order valence-electron chi connectivity index (χ4n) is 1.91. The summed E-state index contributed by atoms with van der Waals surface area (Å²) in [7, 11) is 0. The van der Waals surface area contributed by atoms with E-state index in [0.717, 1.165) is 35.6 Å². The number of rotatable bonds is 10. The summed E-state index contributed by atoms with van der Waals surface area (Å²) in [6.45, 7) is 0.617. The summed E-state index contributed by atoms with van der Waals surface area (Å²) in [6, 6.07) is 7.34. The molecule has 0 amide bonds. The summed E-state index contributed by atoms with van der Waals surface area (Å²) in [5.74, 6) is 0.813. The van der Waals surface area contributed by atoms with Crippen LogP contribution in [-0.2, 0) is 0 Å². The molecule has 5 heteroatoms. The van der Waals surface area contributed by atoms with Crippen LogP contribution >= 0.6 is 46.4 Å². The van der Waals surface area contributed by atoms with Gasteiger partial charge in [0.25, 0.3) is 0 Å². The Hall–Kier alpha value is -0.600. The van der Waals surface area contributed by atoms with Crippen LogP contribution in [0.3, 0.4) is 0 Å². The van der Waals surface area contributed by atoms with Crippen molar-refractivity contribution in [3.8, 4) is 5.75 Å². The third kappa shape index (κ3) is 9.32. The van der Waals surface area contributed by atoms with E-state index >= 15 is 0 Å². The van der Waals surface area contributed by atoms with Crippen molar-refractivity contribution < 1.29 is 4.74 Å². The molecule has 1 radical (unpaired) electrons. The lowest BCUT2D eigenvalue weighted by Gasteiger charge is -2.10. The largest absolute Gasteiger partial charge is 0.494 e. The van der Waals surface area contributed by atoms with E-state index < -0.39 is 0 Å². The Kier molecular flexibility index (Phi) is 11.4. The van der Waals surface area contributed by atoms with Gasteiger partial charge in [-0.1, -0.05) is 64.1 Å². The van der Waals surface area contributed by atoms with Crippen LogP contribution in [0.15, 0.2) is 58.1 Å². The number of ether oxygens (including phenoxy) is 1. The molecule has 1 nitrogen and oxygen atoms in total. The molecule has 0 spiro atoms. The topological polar surface area (TPSA) is 9.23 Å². The minimum Gasteiger partial charge on any atom is -0.494 e. The molecule has 0 saturated heterocycles. The van der Waals surface area contributed by atoms with E-state index in [1.54, 1.807) is 6.08 Å². The summed E-state index contributed by atoms with van der Waals surface area (Å²) < 4.78 is 5.69. The molecular weight excluding hydrogens is 374 g/mol. The van der Waals surface area contributed by atoms with Gasteiger partial charge >= 0.3 is 0 Å². The SMILES string of the molecule is Cl/C=C/[CH]C/C(CCCOc1ccc(Cl)cc1)=C(\Cl)C/C=C/Cl. The lowest BCUT2D eigenvalue weighted by Crippen LogP contribution is -1.99. The molecule has 1 aromatic carbocycles. The number of halogens is 4. The molecule has 1 aromatic rings. The Morgan fingerprint density at radius 3 is 2.43 bits per heavy atom. The number of benzene rings is 1. The van der Waals surface area contributed by atoms with Crippen LogP contribution in [0.5, 0.6) is 5.75 Å². The minimum absolute atomic E-state index is 0.617. The van der Waals surface area contributed by atoms with Crippen molar-refractivity contribution >= 4 is 46.4 Å².